The number of rotatable bonds is 3. The van der Waals surface area contributed by atoms with Gasteiger partial charge in [-0.2, -0.15) is 0 Å². The quantitative estimate of drug-likeness (QED) is 0.806. The summed E-state index contributed by atoms with van der Waals surface area (Å²) < 4.78 is 0. The van der Waals surface area contributed by atoms with E-state index in [9.17, 15) is 0 Å². The molecule has 1 N–H and O–H groups in total. The van der Waals surface area contributed by atoms with E-state index in [1.807, 2.05) is 0 Å². The first-order valence-electron chi connectivity index (χ1n) is 7.32. The number of likely N-dealkylation sites (tertiary alicyclic amines) is 2. The van der Waals surface area contributed by atoms with Crippen molar-refractivity contribution in [1.29, 1.82) is 0 Å². The second kappa shape index (κ2) is 6.17. The lowest BCUT2D eigenvalue weighted by atomic mass is 9.96. The van der Waals surface area contributed by atoms with Gasteiger partial charge in [-0.05, 0) is 59.8 Å². The van der Waals surface area contributed by atoms with Crippen LogP contribution >= 0.6 is 0 Å². The lowest BCUT2D eigenvalue weighted by Gasteiger charge is -2.42. The van der Waals surface area contributed by atoms with Crippen molar-refractivity contribution >= 4 is 0 Å². The Kier molecular flexibility index (Phi) is 4.83. The highest BCUT2D eigenvalue weighted by Crippen LogP contribution is 2.21. The Bertz CT molecular complexity index is 232. The summed E-state index contributed by atoms with van der Waals surface area (Å²) in [5.41, 5.74) is 0. The second-order valence-electron chi connectivity index (χ2n) is 5.98. The van der Waals surface area contributed by atoms with Crippen LogP contribution < -0.4 is 5.32 Å². The van der Waals surface area contributed by atoms with E-state index in [2.05, 4.69) is 36.1 Å². The Morgan fingerprint density at radius 3 is 2.65 bits per heavy atom. The second-order valence-corrected chi connectivity index (χ2v) is 5.98. The summed E-state index contributed by atoms with van der Waals surface area (Å²) in [6.07, 6.45) is 6.85. The minimum atomic E-state index is 0.741. The summed E-state index contributed by atoms with van der Waals surface area (Å²) in [6.45, 7) is 6.25. The molecule has 0 aromatic rings. The van der Waals surface area contributed by atoms with Crippen LogP contribution in [0.25, 0.3) is 0 Å². The maximum Gasteiger partial charge on any atom is 0.0220 e. The van der Waals surface area contributed by atoms with Crippen LogP contribution in [-0.4, -0.2) is 61.7 Å². The van der Waals surface area contributed by atoms with Gasteiger partial charge in [-0.1, -0.05) is 6.42 Å². The third-order valence-electron chi connectivity index (χ3n) is 4.79. The number of likely N-dealkylation sites (N-methyl/N-ethyl adjacent to an activating group) is 1. The van der Waals surface area contributed by atoms with E-state index < -0.39 is 0 Å². The number of hydrogen-bond acceptors (Lipinski definition) is 3. The van der Waals surface area contributed by atoms with Gasteiger partial charge in [0.1, 0.15) is 0 Å². The number of nitrogens with zero attached hydrogens (tertiary/aromatic N) is 2. The van der Waals surface area contributed by atoms with Crippen LogP contribution in [0.2, 0.25) is 0 Å². The van der Waals surface area contributed by atoms with E-state index in [0.29, 0.717) is 0 Å². The first-order valence-corrected chi connectivity index (χ1v) is 7.32. The molecule has 0 aromatic heterocycles. The molecule has 0 aromatic carbocycles. The highest BCUT2D eigenvalue weighted by atomic mass is 15.2. The lowest BCUT2D eigenvalue weighted by molar-refractivity contribution is 0.0783. The normalized spacial score (nSPS) is 37.2. The monoisotopic (exact) mass is 239 g/mol. The zero-order chi connectivity index (χ0) is 12.3. The fourth-order valence-electron chi connectivity index (χ4n) is 3.40. The molecular formula is C14H29N3. The summed E-state index contributed by atoms with van der Waals surface area (Å²) in [5, 5.41) is 3.43. The van der Waals surface area contributed by atoms with Gasteiger partial charge in [0.25, 0.3) is 0 Å². The van der Waals surface area contributed by atoms with Crippen molar-refractivity contribution < 1.29 is 0 Å². The van der Waals surface area contributed by atoms with Gasteiger partial charge >= 0.3 is 0 Å². The molecule has 0 spiro atoms. The predicted octanol–water partition coefficient (Wildman–Crippen LogP) is 1.54. The molecule has 100 valence electrons. The molecule has 3 heteroatoms. The van der Waals surface area contributed by atoms with E-state index >= 15 is 0 Å². The van der Waals surface area contributed by atoms with E-state index in [1.54, 1.807) is 0 Å². The van der Waals surface area contributed by atoms with Gasteiger partial charge in [0, 0.05) is 24.7 Å². The van der Waals surface area contributed by atoms with Crippen molar-refractivity contribution in [3.05, 3.63) is 0 Å². The minimum Gasteiger partial charge on any atom is -0.317 e. The predicted molar refractivity (Wildman–Crippen MR) is 73.4 cm³/mol. The average Bonchev–Trinajstić information content (AvgIpc) is 2.34. The Morgan fingerprint density at radius 2 is 2.00 bits per heavy atom. The molecular weight excluding hydrogens is 210 g/mol. The van der Waals surface area contributed by atoms with Crippen molar-refractivity contribution in [2.24, 2.45) is 0 Å². The first-order chi connectivity index (χ1) is 8.20. The standard InChI is InChI=1S/C14H29N3/c1-12-10-13(15-2)7-9-17(12)11-14-6-4-5-8-16(14)3/h12-15H,4-11H2,1-3H3. The van der Waals surface area contributed by atoms with Crippen molar-refractivity contribution in [2.45, 2.75) is 57.2 Å². The molecule has 0 saturated carbocycles. The van der Waals surface area contributed by atoms with Gasteiger partial charge in [-0.25, -0.2) is 0 Å². The van der Waals surface area contributed by atoms with E-state index in [4.69, 9.17) is 0 Å². The molecule has 0 radical (unpaired) electrons. The zero-order valence-electron chi connectivity index (χ0n) is 11.8. The third-order valence-corrected chi connectivity index (χ3v) is 4.79. The summed E-state index contributed by atoms with van der Waals surface area (Å²) in [4.78, 5) is 5.28. The third kappa shape index (κ3) is 3.43. The number of piperidine rings is 2. The molecule has 2 heterocycles. The molecule has 2 aliphatic heterocycles. The highest BCUT2D eigenvalue weighted by molar-refractivity contribution is 4.86. The smallest absolute Gasteiger partial charge is 0.0220 e. The fraction of sp³-hybridized carbons (Fsp3) is 1.00. The van der Waals surface area contributed by atoms with Crippen molar-refractivity contribution in [1.82, 2.24) is 15.1 Å². The molecule has 2 saturated heterocycles. The summed E-state index contributed by atoms with van der Waals surface area (Å²) in [6, 6.07) is 2.29. The van der Waals surface area contributed by atoms with Gasteiger partial charge in [0.15, 0.2) is 0 Å². The van der Waals surface area contributed by atoms with Crippen molar-refractivity contribution in [3.63, 3.8) is 0 Å². The number of nitrogens with one attached hydrogen (secondary N) is 1. The van der Waals surface area contributed by atoms with Crippen LogP contribution in [0, 0.1) is 0 Å². The summed E-state index contributed by atoms with van der Waals surface area (Å²) >= 11 is 0. The van der Waals surface area contributed by atoms with E-state index in [1.165, 1.54) is 51.7 Å². The molecule has 3 nitrogen and oxygen atoms in total. The zero-order valence-corrected chi connectivity index (χ0v) is 11.8. The van der Waals surface area contributed by atoms with Crippen LogP contribution in [0.5, 0.6) is 0 Å². The molecule has 2 rings (SSSR count). The SMILES string of the molecule is CNC1CCN(CC2CCCCN2C)C(C)C1. The van der Waals surface area contributed by atoms with Crippen LogP contribution in [0.1, 0.15) is 39.0 Å². The van der Waals surface area contributed by atoms with Gasteiger partial charge in [0.2, 0.25) is 0 Å². The Morgan fingerprint density at radius 1 is 1.18 bits per heavy atom. The molecule has 2 aliphatic rings. The van der Waals surface area contributed by atoms with Gasteiger partial charge in [-0.3, -0.25) is 4.90 Å². The number of hydrogen-bond donors (Lipinski definition) is 1. The lowest BCUT2D eigenvalue weighted by Crippen LogP contribution is -2.52. The molecule has 2 fully saturated rings. The Labute approximate surface area is 107 Å². The van der Waals surface area contributed by atoms with Crippen LogP contribution in [0.15, 0.2) is 0 Å². The average molecular weight is 239 g/mol. The van der Waals surface area contributed by atoms with Gasteiger partial charge in [0.05, 0.1) is 0 Å². The van der Waals surface area contributed by atoms with Crippen molar-refractivity contribution in [2.75, 3.05) is 33.7 Å². The van der Waals surface area contributed by atoms with Crippen LogP contribution in [0.3, 0.4) is 0 Å². The molecule has 0 amide bonds. The largest absolute Gasteiger partial charge is 0.317 e. The Balaban J connectivity index is 1.82. The van der Waals surface area contributed by atoms with E-state index in [0.717, 1.165) is 18.1 Å². The molecule has 17 heavy (non-hydrogen) atoms. The van der Waals surface area contributed by atoms with Gasteiger partial charge in [-0.15, -0.1) is 0 Å². The minimum absolute atomic E-state index is 0.741. The topological polar surface area (TPSA) is 18.5 Å². The van der Waals surface area contributed by atoms with Crippen LogP contribution in [0.4, 0.5) is 0 Å². The maximum atomic E-state index is 3.43. The highest BCUT2D eigenvalue weighted by Gasteiger charge is 2.28. The fourth-order valence-corrected chi connectivity index (χ4v) is 3.40. The van der Waals surface area contributed by atoms with Gasteiger partial charge < -0.3 is 10.2 Å². The summed E-state index contributed by atoms with van der Waals surface area (Å²) in [5.74, 6) is 0. The summed E-state index contributed by atoms with van der Waals surface area (Å²) in [7, 11) is 4.40. The van der Waals surface area contributed by atoms with Crippen LogP contribution in [-0.2, 0) is 0 Å². The molecule has 3 atom stereocenters. The molecule has 0 bridgehead atoms. The van der Waals surface area contributed by atoms with E-state index in [-0.39, 0.29) is 0 Å². The first kappa shape index (κ1) is 13.3. The maximum absolute atomic E-state index is 3.43. The van der Waals surface area contributed by atoms with Crippen molar-refractivity contribution in [3.8, 4) is 0 Å². The molecule has 3 unspecified atom stereocenters. The Hall–Kier alpha value is -0.120. The molecule has 0 aliphatic carbocycles.